The predicted octanol–water partition coefficient (Wildman–Crippen LogP) is 3.23. The van der Waals surface area contributed by atoms with Gasteiger partial charge in [0.15, 0.2) is 5.96 Å². The van der Waals surface area contributed by atoms with Crippen LogP contribution in [-0.4, -0.2) is 68.2 Å². The van der Waals surface area contributed by atoms with E-state index in [2.05, 4.69) is 27.0 Å². The number of hydrogen-bond donors (Lipinski definition) is 1. The number of rotatable bonds is 6. The number of nitrogens with one attached hydrogen (secondary N) is 1. The largest absolute Gasteiger partial charge is 0.490 e. The molecular formula is C22H36N4O. The van der Waals surface area contributed by atoms with Gasteiger partial charge in [0, 0.05) is 39.5 Å². The Hall–Kier alpha value is -1.75. The Kier molecular flexibility index (Phi) is 7.81. The average Bonchev–Trinajstić information content (AvgIpc) is 2.72. The van der Waals surface area contributed by atoms with Crippen LogP contribution < -0.4 is 10.1 Å². The van der Waals surface area contributed by atoms with Crippen LogP contribution >= 0.6 is 0 Å². The van der Waals surface area contributed by atoms with Gasteiger partial charge in [0.2, 0.25) is 0 Å². The van der Waals surface area contributed by atoms with Crippen LogP contribution in [0.25, 0.3) is 0 Å². The maximum Gasteiger partial charge on any atom is 0.193 e. The number of para-hydroxylation sites is 1. The lowest BCUT2D eigenvalue weighted by Gasteiger charge is -2.36. The second kappa shape index (κ2) is 10.5. The third-order valence-corrected chi connectivity index (χ3v) is 5.80. The highest BCUT2D eigenvalue weighted by atomic mass is 16.5. The van der Waals surface area contributed by atoms with E-state index in [-0.39, 0.29) is 0 Å². The fourth-order valence-electron chi connectivity index (χ4n) is 4.18. The van der Waals surface area contributed by atoms with Crippen LogP contribution in [0.1, 0.15) is 39.0 Å². The first-order valence-corrected chi connectivity index (χ1v) is 10.7. The van der Waals surface area contributed by atoms with E-state index in [9.17, 15) is 0 Å². The van der Waals surface area contributed by atoms with E-state index in [1.807, 2.05) is 37.4 Å². The molecule has 2 aliphatic heterocycles. The second-order valence-corrected chi connectivity index (χ2v) is 7.83. The van der Waals surface area contributed by atoms with E-state index >= 15 is 0 Å². The molecular weight excluding hydrogens is 336 g/mol. The minimum absolute atomic E-state index is 0.310. The van der Waals surface area contributed by atoms with Crippen molar-refractivity contribution in [3.8, 4) is 5.75 Å². The van der Waals surface area contributed by atoms with E-state index in [4.69, 9.17) is 4.74 Å². The molecule has 1 N–H and O–H groups in total. The Balaban J connectivity index is 1.38. The maximum absolute atomic E-state index is 6.11. The monoisotopic (exact) mass is 372 g/mol. The summed E-state index contributed by atoms with van der Waals surface area (Å²) in [6.45, 7) is 9.08. The van der Waals surface area contributed by atoms with Crippen LogP contribution in [-0.2, 0) is 0 Å². The van der Waals surface area contributed by atoms with Crippen molar-refractivity contribution in [1.29, 1.82) is 0 Å². The van der Waals surface area contributed by atoms with E-state index < -0.39 is 0 Å². The summed E-state index contributed by atoms with van der Waals surface area (Å²) in [6.07, 6.45) is 6.27. The molecule has 0 aromatic heterocycles. The minimum atomic E-state index is 0.310. The van der Waals surface area contributed by atoms with Gasteiger partial charge in [-0.05, 0) is 56.9 Å². The molecule has 0 saturated carbocycles. The average molecular weight is 373 g/mol. The number of ether oxygens (including phenoxy) is 1. The van der Waals surface area contributed by atoms with Crippen molar-refractivity contribution >= 4 is 5.96 Å². The molecule has 1 aromatic carbocycles. The molecule has 0 aliphatic carbocycles. The summed E-state index contributed by atoms with van der Waals surface area (Å²) in [6, 6.07) is 10.2. The van der Waals surface area contributed by atoms with Crippen molar-refractivity contribution in [2.45, 2.75) is 45.1 Å². The first kappa shape index (κ1) is 20.0. The van der Waals surface area contributed by atoms with E-state index in [0.717, 1.165) is 50.1 Å². The van der Waals surface area contributed by atoms with Crippen molar-refractivity contribution in [1.82, 2.24) is 15.1 Å². The molecule has 5 nitrogen and oxygen atoms in total. The summed E-state index contributed by atoms with van der Waals surface area (Å²) >= 11 is 0. The highest BCUT2D eigenvalue weighted by Gasteiger charge is 2.24. The van der Waals surface area contributed by atoms with Gasteiger partial charge in [-0.25, -0.2) is 0 Å². The summed E-state index contributed by atoms with van der Waals surface area (Å²) in [5.41, 5.74) is 0. The van der Waals surface area contributed by atoms with Crippen LogP contribution in [0, 0.1) is 5.92 Å². The van der Waals surface area contributed by atoms with Crippen molar-refractivity contribution in [2.75, 3.05) is 46.3 Å². The lowest BCUT2D eigenvalue weighted by Crippen LogP contribution is -2.49. The van der Waals surface area contributed by atoms with Crippen LogP contribution in [0.2, 0.25) is 0 Å². The zero-order chi connectivity index (χ0) is 18.9. The molecule has 0 spiro atoms. The van der Waals surface area contributed by atoms with Gasteiger partial charge in [0.05, 0.1) is 0 Å². The van der Waals surface area contributed by atoms with E-state index in [1.165, 1.54) is 38.9 Å². The minimum Gasteiger partial charge on any atom is -0.490 e. The fraction of sp³-hybridized carbons (Fsp3) is 0.682. The molecule has 1 aromatic rings. The first-order valence-electron chi connectivity index (χ1n) is 10.7. The molecule has 2 saturated heterocycles. The Morgan fingerprint density at radius 2 is 1.78 bits per heavy atom. The first-order chi connectivity index (χ1) is 13.3. The number of benzene rings is 1. The lowest BCUT2D eigenvalue weighted by atomic mass is 9.97. The van der Waals surface area contributed by atoms with Gasteiger partial charge < -0.3 is 19.9 Å². The van der Waals surface area contributed by atoms with Crippen LogP contribution in [0.4, 0.5) is 0 Å². The summed E-state index contributed by atoms with van der Waals surface area (Å²) in [5.74, 6) is 2.81. The van der Waals surface area contributed by atoms with Crippen molar-refractivity contribution in [2.24, 2.45) is 10.9 Å². The van der Waals surface area contributed by atoms with Gasteiger partial charge in [-0.2, -0.15) is 0 Å². The summed E-state index contributed by atoms with van der Waals surface area (Å²) in [7, 11) is 1.90. The normalized spacial score (nSPS) is 20.7. The highest BCUT2D eigenvalue weighted by molar-refractivity contribution is 5.79. The molecule has 2 aliphatic rings. The van der Waals surface area contributed by atoms with Gasteiger partial charge in [0.1, 0.15) is 11.9 Å². The van der Waals surface area contributed by atoms with Crippen LogP contribution in [0.15, 0.2) is 35.3 Å². The van der Waals surface area contributed by atoms with Crippen LogP contribution in [0.5, 0.6) is 5.75 Å². The topological polar surface area (TPSA) is 40.1 Å². The van der Waals surface area contributed by atoms with E-state index in [1.54, 1.807) is 0 Å². The zero-order valence-corrected chi connectivity index (χ0v) is 17.1. The second-order valence-electron chi connectivity index (χ2n) is 7.83. The third-order valence-electron chi connectivity index (χ3n) is 5.80. The quantitative estimate of drug-likeness (QED) is 0.615. The molecule has 0 amide bonds. The number of aliphatic imine (C=N–C) groups is 1. The standard InChI is InChI=1S/C22H36N4O/c1-3-13-25-14-9-19(10-15-25)18-24-22(23-2)26-16-11-21(12-17-26)27-20-7-5-4-6-8-20/h4-8,19,21H,3,9-18H2,1-2H3,(H,23,24). The maximum atomic E-state index is 6.11. The Morgan fingerprint density at radius 1 is 1.07 bits per heavy atom. The number of piperidine rings is 2. The summed E-state index contributed by atoms with van der Waals surface area (Å²) in [5, 5.41) is 3.64. The third kappa shape index (κ3) is 6.13. The number of guanidine groups is 1. The van der Waals surface area contributed by atoms with Gasteiger partial charge in [-0.1, -0.05) is 25.1 Å². The Morgan fingerprint density at radius 3 is 2.41 bits per heavy atom. The molecule has 2 heterocycles. The summed E-state index contributed by atoms with van der Waals surface area (Å²) in [4.78, 5) is 9.52. The van der Waals surface area contributed by atoms with Crippen molar-refractivity contribution in [3.63, 3.8) is 0 Å². The van der Waals surface area contributed by atoms with Crippen molar-refractivity contribution in [3.05, 3.63) is 30.3 Å². The Bertz CT molecular complexity index is 561. The summed E-state index contributed by atoms with van der Waals surface area (Å²) < 4.78 is 6.11. The van der Waals surface area contributed by atoms with Gasteiger partial charge in [0.25, 0.3) is 0 Å². The molecule has 0 bridgehead atoms. The molecule has 2 fully saturated rings. The van der Waals surface area contributed by atoms with Gasteiger partial charge in [-0.15, -0.1) is 0 Å². The molecule has 27 heavy (non-hydrogen) atoms. The molecule has 5 heteroatoms. The van der Waals surface area contributed by atoms with Crippen LogP contribution in [0.3, 0.4) is 0 Å². The Labute approximate surface area is 164 Å². The van der Waals surface area contributed by atoms with E-state index in [0.29, 0.717) is 6.10 Å². The fourth-order valence-corrected chi connectivity index (χ4v) is 4.18. The molecule has 0 radical (unpaired) electrons. The van der Waals surface area contributed by atoms with Crippen molar-refractivity contribution < 1.29 is 4.74 Å². The molecule has 0 atom stereocenters. The molecule has 150 valence electrons. The van der Waals surface area contributed by atoms with Gasteiger partial charge in [-0.3, -0.25) is 4.99 Å². The lowest BCUT2D eigenvalue weighted by molar-refractivity contribution is 0.129. The smallest absolute Gasteiger partial charge is 0.193 e. The van der Waals surface area contributed by atoms with Gasteiger partial charge >= 0.3 is 0 Å². The number of likely N-dealkylation sites (tertiary alicyclic amines) is 2. The highest BCUT2D eigenvalue weighted by Crippen LogP contribution is 2.19. The molecule has 0 unspecified atom stereocenters. The zero-order valence-electron chi connectivity index (χ0n) is 17.1. The number of hydrogen-bond acceptors (Lipinski definition) is 3. The molecule has 3 rings (SSSR count). The number of nitrogens with zero attached hydrogens (tertiary/aromatic N) is 3. The SMILES string of the molecule is CCCN1CCC(CNC(=NC)N2CCC(Oc3ccccc3)CC2)CC1. The predicted molar refractivity (Wildman–Crippen MR) is 112 cm³/mol.